The standard InChI is InChI=1S/C21H24N2O2/c1-17(24)20-8-10-21(11-9-20)23-14-12-22(13-15-23)18(2)25-16-19-6-4-3-5-7-19/h3-11H,2,12-16H2,1H3. The van der Waals surface area contributed by atoms with Crippen molar-refractivity contribution in [2.24, 2.45) is 0 Å². The van der Waals surface area contributed by atoms with Gasteiger partial charge in [-0.15, -0.1) is 0 Å². The number of carbonyl (C=O) groups excluding carboxylic acids is 1. The first-order chi connectivity index (χ1) is 12.1. The third kappa shape index (κ3) is 4.41. The average molecular weight is 336 g/mol. The van der Waals surface area contributed by atoms with E-state index in [2.05, 4.69) is 28.5 Å². The SMILES string of the molecule is C=C(OCc1ccccc1)N1CCN(c2ccc(C(C)=O)cc2)CC1. The van der Waals surface area contributed by atoms with Gasteiger partial charge in [0.05, 0.1) is 0 Å². The van der Waals surface area contributed by atoms with Crippen molar-refractivity contribution in [2.45, 2.75) is 13.5 Å². The summed E-state index contributed by atoms with van der Waals surface area (Å²) < 4.78 is 5.83. The lowest BCUT2D eigenvalue weighted by molar-refractivity contribution is 0.0996. The second kappa shape index (κ2) is 7.88. The molecule has 0 bridgehead atoms. The lowest BCUT2D eigenvalue weighted by Gasteiger charge is -2.37. The van der Waals surface area contributed by atoms with Gasteiger partial charge in [0.15, 0.2) is 11.7 Å². The molecule has 3 rings (SSSR count). The summed E-state index contributed by atoms with van der Waals surface area (Å²) in [6.07, 6.45) is 0. The van der Waals surface area contributed by atoms with Crippen molar-refractivity contribution in [2.75, 3.05) is 31.1 Å². The van der Waals surface area contributed by atoms with Gasteiger partial charge in [0.2, 0.25) is 0 Å². The fraction of sp³-hybridized carbons (Fsp3) is 0.286. The van der Waals surface area contributed by atoms with Crippen LogP contribution in [0.5, 0.6) is 0 Å². The molecule has 0 unspecified atom stereocenters. The van der Waals surface area contributed by atoms with Crippen LogP contribution in [0, 0.1) is 0 Å². The second-order valence-electron chi connectivity index (χ2n) is 6.25. The van der Waals surface area contributed by atoms with Crippen LogP contribution in [-0.4, -0.2) is 36.9 Å². The molecule has 0 N–H and O–H groups in total. The van der Waals surface area contributed by atoms with Crippen molar-refractivity contribution in [3.63, 3.8) is 0 Å². The Morgan fingerprint density at radius 1 is 1.00 bits per heavy atom. The third-order valence-electron chi connectivity index (χ3n) is 4.52. The van der Waals surface area contributed by atoms with Crippen LogP contribution >= 0.6 is 0 Å². The van der Waals surface area contributed by atoms with Crippen LogP contribution in [0.3, 0.4) is 0 Å². The molecule has 1 aliphatic heterocycles. The highest BCUT2D eigenvalue weighted by atomic mass is 16.5. The zero-order valence-corrected chi connectivity index (χ0v) is 14.6. The van der Waals surface area contributed by atoms with Crippen LogP contribution < -0.4 is 4.90 Å². The fourth-order valence-electron chi connectivity index (χ4n) is 2.95. The molecule has 130 valence electrons. The second-order valence-corrected chi connectivity index (χ2v) is 6.25. The highest BCUT2D eigenvalue weighted by Gasteiger charge is 2.19. The molecule has 2 aromatic rings. The number of anilines is 1. The maximum atomic E-state index is 11.4. The third-order valence-corrected chi connectivity index (χ3v) is 4.52. The Bertz CT molecular complexity index is 717. The molecule has 0 atom stereocenters. The predicted octanol–water partition coefficient (Wildman–Crippen LogP) is 3.70. The summed E-state index contributed by atoms with van der Waals surface area (Å²) in [6, 6.07) is 18.0. The van der Waals surface area contributed by atoms with E-state index >= 15 is 0 Å². The minimum atomic E-state index is 0.100. The number of hydrogen-bond donors (Lipinski definition) is 0. The van der Waals surface area contributed by atoms with Gasteiger partial charge in [0.1, 0.15) is 6.61 Å². The van der Waals surface area contributed by atoms with Gasteiger partial charge in [-0.1, -0.05) is 30.3 Å². The first-order valence-electron chi connectivity index (χ1n) is 8.60. The van der Waals surface area contributed by atoms with E-state index in [1.54, 1.807) is 6.92 Å². The molecule has 25 heavy (non-hydrogen) atoms. The predicted molar refractivity (Wildman–Crippen MR) is 101 cm³/mol. The number of hydrogen-bond acceptors (Lipinski definition) is 4. The largest absolute Gasteiger partial charge is 0.475 e. The van der Waals surface area contributed by atoms with Gasteiger partial charge in [-0.3, -0.25) is 4.79 Å². The van der Waals surface area contributed by atoms with E-state index in [4.69, 9.17) is 4.74 Å². The van der Waals surface area contributed by atoms with Crippen molar-refractivity contribution in [3.05, 3.63) is 78.2 Å². The van der Waals surface area contributed by atoms with E-state index in [-0.39, 0.29) is 5.78 Å². The van der Waals surface area contributed by atoms with Crippen molar-refractivity contribution in [3.8, 4) is 0 Å². The van der Waals surface area contributed by atoms with E-state index in [9.17, 15) is 4.79 Å². The highest BCUT2D eigenvalue weighted by molar-refractivity contribution is 5.94. The molecule has 0 aromatic heterocycles. The number of rotatable bonds is 6. The molecule has 2 aromatic carbocycles. The number of ether oxygens (including phenoxy) is 1. The molecular weight excluding hydrogens is 312 g/mol. The van der Waals surface area contributed by atoms with Gasteiger partial charge in [-0.25, -0.2) is 0 Å². The summed E-state index contributed by atoms with van der Waals surface area (Å²) in [7, 11) is 0. The summed E-state index contributed by atoms with van der Waals surface area (Å²) >= 11 is 0. The molecule has 0 saturated carbocycles. The van der Waals surface area contributed by atoms with Crippen LogP contribution in [0.4, 0.5) is 5.69 Å². The van der Waals surface area contributed by atoms with Gasteiger partial charge in [0.25, 0.3) is 0 Å². The Morgan fingerprint density at radius 3 is 2.24 bits per heavy atom. The van der Waals surface area contributed by atoms with Gasteiger partial charge >= 0.3 is 0 Å². The smallest absolute Gasteiger partial charge is 0.182 e. The normalized spacial score (nSPS) is 14.3. The van der Waals surface area contributed by atoms with E-state index in [0.29, 0.717) is 6.61 Å². The number of ketones is 1. The van der Waals surface area contributed by atoms with Crippen LogP contribution in [0.25, 0.3) is 0 Å². The first kappa shape index (κ1) is 17.1. The molecule has 4 nitrogen and oxygen atoms in total. The van der Waals surface area contributed by atoms with E-state index in [1.165, 1.54) is 0 Å². The van der Waals surface area contributed by atoms with Crippen molar-refractivity contribution in [1.82, 2.24) is 4.90 Å². The van der Waals surface area contributed by atoms with Gasteiger partial charge in [-0.2, -0.15) is 0 Å². The van der Waals surface area contributed by atoms with E-state index in [0.717, 1.165) is 48.9 Å². The maximum Gasteiger partial charge on any atom is 0.182 e. The van der Waals surface area contributed by atoms with Gasteiger partial charge in [0, 0.05) is 37.4 Å². The number of Topliss-reactive ketones (excluding diaryl/α,β-unsaturated/α-hetero) is 1. The molecule has 1 aliphatic rings. The lowest BCUT2D eigenvalue weighted by Crippen LogP contribution is -2.46. The Balaban J connectivity index is 1.49. The zero-order chi connectivity index (χ0) is 17.6. The quantitative estimate of drug-likeness (QED) is 0.595. The molecule has 1 fully saturated rings. The first-order valence-corrected chi connectivity index (χ1v) is 8.60. The highest BCUT2D eigenvalue weighted by Crippen LogP contribution is 2.19. The molecule has 0 radical (unpaired) electrons. The van der Waals surface area contributed by atoms with Crippen molar-refractivity contribution in [1.29, 1.82) is 0 Å². The summed E-state index contributed by atoms with van der Waals surface area (Å²) in [6.45, 7) is 9.78. The maximum absolute atomic E-state index is 11.4. The summed E-state index contributed by atoms with van der Waals surface area (Å²) in [4.78, 5) is 15.9. The Morgan fingerprint density at radius 2 is 1.64 bits per heavy atom. The summed E-state index contributed by atoms with van der Waals surface area (Å²) in [5.41, 5.74) is 3.05. The van der Waals surface area contributed by atoms with E-state index < -0.39 is 0 Å². The molecular formula is C21H24N2O2. The molecule has 0 spiro atoms. The number of carbonyl (C=O) groups is 1. The minimum absolute atomic E-state index is 0.100. The molecule has 0 amide bonds. The number of nitrogens with zero attached hydrogens (tertiary/aromatic N) is 2. The molecule has 1 saturated heterocycles. The molecule has 0 aliphatic carbocycles. The van der Waals surface area contributed by atoms with E-state index in [1.807, 2.05) is 42.5 Å². The molecule has 4 heteroatoms. The fourth-order valence-corrected chi connectivity index (χ4v) is 2.95. The minimum Gasteiger partial charge on any atom is -0.475 e. The zero-order valence-electron chi connectivity index (χ0n) is 14.6. The Labute approximate surface area is 149 Å². The summed E-state index contributed by atoms with van der Waals surface area (Å²) in [5, 5.41) is 0. The van der Waals surface area contributed by atoms with Crippen molar-refractivity contribution >= 4 is 11.5 Å². The Kier molecular flexibility index (Phi) is 5.39. The number of benzene rings is 2. The topological polar surface area (TPSA) is 32.8 Å². The lowest BCUT2D eigenvalue weighted by atomic mass is 10.1. The van der Waals surface area contributed by atoms with Crippen LogP contribution in [0.1, 0.15) is 22.8 Å². The van der Waals surface area contributed by atoms with Crippen LogP contribution in [-0.2, 0) is 11.3 Å². The van der Waals surface area contributed by atoms with Crippen LogP contribution in [0.15, 0.2) is 67.1 Å². The number of piperazine rings is 1. The van der Waals surface area contributed by atoms with Crippen molar-refractivity contribution < 1.29 is 9.53 Å². The summed E-state index contributed by atoms with van der Waals surface area (Å²) in [5.74, 6) is 0.832. The average Bonchev–Trinajstić information content (AvgIpc) is 2.67. The van der Waals surface area contributed by atoms with Gasteiger partial charge < -0.3 is 14.5 Å². The monoisotopic (exact) mass is 336 g/mol. The van der Waals surface area contributed by atoms with Crippen LogP contribution in [0.2, 0.25) is 0 Å². The Hall–Kier alpha value is -2.75. The van der Waals surface area contributed by atoms with Gasteiger partial charge in [-0.05, 0) is 43.3 Å². The molecule has 1 heterocycles.